The van der Waals surface area contributed by atoms with E-state index in [2.05, 4.69) is 0 Å². The molecule has 1 fully saturated rings. The van der Waals surface area contributed by atoms with Crippen molar-refractivity contribution in [3.05, 3.63) is 95.6 Å². The van der Waals surface area contributed by atoms with Crippen LogP contribution < -0.4 is 9.47 Å². The minimum atomic E-state index is -1.14. The summed E-state index contributed by atoms with van der Waals surface area (Å²) in [4.78, 5) is 14.7. The van der Waals surface area contributed by atoms with Crippen LogP contribution in [0.5, 0.6) is 11.5 Å². The Balaban J connectivity index is 1.94. The molecular formula is C31H37NO6. The van der Waals surface area contributed by atoms with E-state index in [1.54, 1.807) is 35.0 Å². The molecule has 0 bridgehead atoms. The normalized spacial score (nSPS) is 18.7. The van der Waals surface area contributed by atoms with Crippen molar-refractivity contribution >= 4 is 6.09 Å². The molecule has 0 spiro atoms. The van der Waals surface area contributed by atoms with E-state index in [4.69, 9.17) is 14.2 Å². The fraction of sp³-hybridized carbons (Fsp3) is 0.387. The molecule has 0 aliphatic carbocycles. The third-order valence-electron chi connectivity index (χ3n) is 7.08. The van der Waals surface area contributed by atoms with Gasteiger partial charge in [0, 0.05) is 0 Å². The lowest BCUT2D eigenvalue weighted by Gasteiger charge is -2.44. The van der Waals surface area contributed by atoms with Crippen molar-refractivity contribution in [2.45, 2.75) is 56.5 Å². The molecule has 38 heavy (non-hydrogen) atoms. The Bertz CT molecular complexity index is 1160. The number of rotatable bonds is 7. The average Bonchev–Trinajstić information content (AvgIpc) is 3.31. The number of aliphatic hydroxyl groups excluding tert-OH is 2. The van der Waals surface area contributed by atoms with Gasteiger partial charge in [-0.25, -0.2) is 4.79 Å². The maximum absolute atomic E-state index is 13.3. The van der Waals surface area contributed by atoms with Crippen LogP contribution in [-0.4, -0.2) is 65.8 Å². The number of ether oxygens (including phenoxy) is 3. The van der Waals surface area contributed by atoms with E-state index in [-0.39, 0.29) is 13.0 Å². The Morgan fingerprint density at radius 3 is 1.76 bits per heavy atom. The summed E-state index contributed by atoms with van der Waals surface area (Å²) in [7, 11) is 3.22. The average molecular weight is 520 g/mol. The van der Waals surface area contributed by atoms with E-state index in [9.17, 15) is 15.0 Å². The highest BCUT2D eigenvalue weighted by Gasteiger charge is 2.52. The summed E-state index contributed by atoms with van der Waals surface area (Å²) in [6, 6.07) is 24.2. The third-order valence-corrected chi connectivity index (χ3v) is 7.08. The summed E-state index contributed by atoms with van der Waals surface area (Å²) < 4.78 is 16.5. The monoisotopic (exact) mass is 519 g/mol. The van der Waals surface area contributed by atoms with Crippen molar-refractivity contribution in [3.63, 3.8) is 0 Å². The number of nitrogens with zero attached hydrogens (tertiary/aromatic N) is 1. The van der Waals surface area contributed by atoms with E-state index in [0.29, 0.717) is 11.5 Å². The van der Waals surface area contributed by atoms with Crippen molar-refractivity contribution in [2.24, 2.45) is 0 Å². The van der Waals surface area contributed by atoms with Crippen LogP contribution in [0.15, 0.2) is 78.9 Å². The lowest BCUT2D eigenvalue weighted by atomic mass is 9.63. The summed E-state index contributed by atoms with van der Waals surface area (Å²) in [6.45, 7) is 5.47. The fourth-order valence-electron chi connectivity index (χ4n) is 5.38. The summed E-state index contributed by atoms with van der Waals surface area (Å²) in [5.41, 5.74) is 0.644. The fourth-order valence-corrected chi connectivity index (χ4v) is 5.38. The SMILES string of the molecule is COc1ccc(C(c2ccccc2)(c2ccc(OC)cc2)C(O)[C@H]2C[C@@H](O)CN2C(=O)OC(C)(C)C)cc1. The van der Waals surface area contributed by atoms with Crippen molar-refractivity contribution in [1.82, 2.24) is 4.90 Å². The van der Waals surface area contributed by atoms with Gasteiger partial charge in [-0.15, -0.1) is 0 Å². The number of benzene rings is 3. The second-order valence-electron chi connectivity index (χ2n) is 10.7. The van der Waals surface area contributed by atoms with E-state index < -0.39 is 35.4 Å². The number of hydrogen-bond acceptors (Lipinski definition) is 6. The second kappa shape index (κ2) is 11.1. The Labute approximate surface area is 224 Å². The molecule has 1 saturated heterocycles. The molecule has 2 N–H and O–H groups in total. The van der Waals surface area contributed by atoms with Gasteiger partial charge < -0.3 is 24.4 Å². The molecule has 202 valence electrons. The summed E-state index contributed by atoms with van der Waals surface area (Å²) in [5, 5.41) is 23.2. The van der Waals surface area contributed by atoms with Gasteiger partial charge in [0.05, 0.1) is 44.4 Å². The van der Waals surface area contributed by atoms with Crippen molar-refractivity contribution in [2.75, 3.05) is 20.8 Å². The maximum Gasteiger partial charge on any atom is 0.410 e. The first-order valence-corrected chi connectivity index (χ1v) is 12.8. The van der Waals surface area contributed by atoms with Gasteiger partial charge in [0.2, 0.25) is 0 Å². The van der Waals surface area contributed by atoms with Gasteiger partial charge in [-0.3, -0.25) is 4.90 Å². The molecule has 7 heteroatoms. The first-order valence-electron chi connectivity index (χ1n) is 12.8. The van der Waals surface area contributed by atoms with Gasteiger partial charge in [0.15, 0.2) is 0 Å². The third kappa shape index (κ3) is 5.35. The minimum Gasteiger partial charge on any atom is -0.497 e. The Morgan fingerprint density at radius 2 is 1.32 bits per heavy atom. The lowest BCUT2D eigenvalue weighted by Crippen LogP contribution is -2.54. The quantitative estimate of drug-likeness (QED) is 0.437. The number of carbonyl (C=O) groups excluding carboxylic acids is 1. The number of amides is 1. The lowest BCUT2D eigenvalue weighted by molar-refractivity contribution is -0.00468. The molecule has 1 aliphatic rings. The number of carbonyl (C=O) groups is 1. The first kappa shape index (κ1) is 27.5. The molecule has 0 aromatic heterocycles. The molecule has 3 aromatic rings. The zero-order valence-corrected chi connectivity index (χ0v) is 22.6. The van der Waals surface area contributed by atoms with E-state index >= 15 is 0 Å². The Morgan fingerprint density at radius 1 is 0.842 bits per heavy atom. The van der Waals surface area contributed by atoms with Gasteiger partial charge in [-0.1, -0.05) is 54.6 Å². The maximum atomic E-state index is 13.3. The number of aliphatic hydroxyl groups is 2. The van der Waals surface area contributed by atoms with Crippen LogP contribution in [0.2, 0.25) is 0 Å². The smallest absolute Gasteiger partial charge is 0.410 e. The molecule has 7 nitrogen and oxygen atoms in total. The predicted octanol–water partition coefficient (Wildman–Crippen LogP) is 4.77. The first-order chi connectivity index (χ1) is 18.1. The minimum absolute atomic E-state index is 0.0761. The zero-order valence-electron chi connectivity index (χ0n) is 22.6. The number of methoxy groups -OCH3 is 2. The zero-order chi connectivity index (χ0) is 27.5. The van der Waals surface area contributed by atoms with Gasteiger partial charge in [0.1, 0.15) is 17.1 Å². The van der Waals surface area contributed by atoms with Crippen LogP contribution in [0.3, 0.4) is 0 Å². The summed E-state index contributed by atoms with van der Waals surface area (Å²) in [6.07, 6.45) is -2.29. The number of likely N-dealkylation sites (tertiary alicyclic amines) is 1. The highest BCUT2D eigenvalue weighted by Crippen LogP contribution is 2.46. The van der Waals surface area contributed by atoms with E-state index in [0.717, 1.165) is 16.7 Å². The largest absolute Gasteiger partial charge is 0.497 e. The molecule has 0 radical (unpaired) electrons. The number of hydrogen-bond donors (Lipinski definition) is 2. The standard InChI is InChI=1S/C31H37NO6/c1-30(2,3)38-29(35)32-20-24(33)19-27(32)28(34)31(21-9-7-6-8-10-21,22-11-15-25(36-4)16-12-22)23-13-17-26(37-5)18-14-23/h6-18,24,27-28,33-34H,19-20H2,1-5H3/t24-,27-,28?/m1/s1. The Kier molecular flexibility index (Phi) is 7.99. The predicted molar refractivity (Wildman–Crippen MR) is 146 cm³/mol. The second-order valence-corrected chi connectivity index (χ2v) is 10.7. The Hall–Kier alpha value is -3.55. The van der Waals surface area contributed by atoms with Crippen LogP contribution >= 0.6 is 0 Å². The summed E-state index contributed by atoms with van der Waals surface area (Å²) in [5.74, 6) is 1.37. The van der Waals surface area contributed by atoms with Gasteiger partial charge in [-0.2, -0.15) is 0 Å². The van der Waals surface area contributed by atoms with Crippen LogP contribution in [-0.2, 0) is 10.2 Å². The molecular weight excluding hydrogens is 482 g/mol. The summed E-state index contributed by atoms with van der Waals surface area (Å²) >= 11 is 0. The van der Waals surface area contributed by atoms with Gasteiger partial charge in [-0.05, 0) is 68.1 Å². The molecule has 0 saturated carbocycles. The van der Waals surface area contributed by atoms with Crippen LogP contribution in [0.1, 0.15) is 43.9 Å². The van der Waals surface area contributed by atoms with Gasteiger partial charge in [0.25, 0.3) is 0 Å². The van der Waals surface area contributed by atoms with Crippen LogP contribution in [0, 0.1) is 0 Å². The van der Waals surface area contributed by atoms with Crippen molar-refractivity contribution in [1.29, 1.82) is 0 Å². The molecule has 3 atom stereocenters. The highest BCUT2D eigenvalue weighted by molar-refractivity contribution is 5.69. The molecule has 1 aliphatic heterocycles. The molecule has 1 heterocycles. The number of β-amino-alcohol motifs (C(OH)–C–C–N with tert-alkyl or cyclic N) is 1. The van der Waals surface area contributed by atoms with Crippen LogP contribution in [0.25, 0.3) is 0 Å². The van der Waals surface area contributed by atoms with Crippen LogP contribution in [0.4, 0.5) is 4.79 Å². The van der Waals surface area contributed by atoms with E-state index in [1.165, 1.54) is 4.90 Å². The van der Waals surface area contributed by atoms with Gasteiger partial charge >= 0.3 is 6.09 Å². The van der Waals surface area contributed by atoms with Crippen molar-refractivity contribution < 1.29 is 29.2 Å². The van der Waals surface area contributed by atoms with Crippen molar-refractivity contribution in [3.8, 4) is 11.5 Å². The molecule has 3 aromatic carbocycles. The molecule has 4 rings (SSSR count). The van der Waals surface area contributed by atoms with E-state index in [1.807, 2.05) is 78.9 Å². The topological polar surface area (TPSA) is 88.5 Å². The highest BCUT2D eigenvalue weighted by atomic mass is 16.6. The molecule has 1 amide bonds. The molecule has 1 unspecified atom stereocenters.